The molecule has 3 heteroatoms. The standard InChI is InChI=1S/C17H20N2O/c1-19-15-7-4-12(5-8-15)17(18)14-6-9-16-13(11-14)3-2-10-20-16/h4-9,11,17,19H,2-3,10,18H2,1H3. The second-order valence-electron chi connectivity index (χ2n) is 5.17. The van der Waals surface area contributed by atoms with Gasteiger partial charge in [0.2, 0.25) is 0 Å². The largest absolute Gasteiger partial charge is 0.493 e. The number of fused-ring (bicyclic) bond motifs is 1. The molecule has 1 aliphatic heterocycles. The van der Waals surface area contributed by atoms with E-state index >= 15 is 0 Å². The van der Waals surface area contributed by atoms with Crippen molar-refractivity contribution in [2.45, 2.75) is 18.9 Å². The fourth-order valence-electron chi connectivity index (χ4n) is 2.62. The van der Waals surface area contributed by atoms with Crippen molar-refractivity contribution in [1.29, 1.82) is 0 Å². The Kier molecular flexibility index (Phi) is 3.61. The van der Waals surface area contributed by atoms with Gasteiger partial charge in [-0.3, -0.25) is 0 Å². The van der Waals surface area contributed by atoms with Crippen LogP contribution in [0.15, 0.2) is 42.5 Å². The Hall–Kier alpha value is -2.00. The molecule has 1 unspecified atom stereocenters. The van der Waals surface area contributed by atoms with Gasteiger partial charge in [0.25, 0.3) is 0 Å². The minimum atomic E-state index is -0.0897. The summed E-state index contributed by atoms with van der Waals surface area (Å²) in [5.74, 6) is 1.01. The van der Waals surface area contributed by atoms with Crippen LogP contribution >= 0.6 is 0 Å². The fraction of sp³-hybridized carbons (Fsp3) is 0.294. The molecule has 3 N–H and O–H groups in total. The molecule has 0 saturated heterocycles. The highest BCUT2D eigenvalue weighted by molar-refractivity contribution is 5.47. The highest BCUT2D eigenvalue weighted by Crippen LogP contribution is 2.29. The van der Waals surface area contributed by atoms with Crippen LogP contribution in [0.5, 0.6) is 5.75 Å². The van der Waals surface area contributed by atoms with E-state index < -0.39 is 0 Å². The Morgan fingerprint density at radius 3 is 2.60 bits per heavy atom. The van der Waals surface area contributed by atoms with E-state index in [0.717, 1.165) is 42.0 Å². The van der Waals surface area contributed by atoms with Crippen molar-refractivity contribution in [2.24, 2.45) is 5.73 Å². The van der Waals surface area contributed by atoms with Gasteiger partial charge < -0.3 is 15.8 Å². The zero-order chi connectivity index (χ0) is 13.9. The molecule has 0 radical (unpaired) electrons. The normalized spacial score (nSPS) is 15.1. The van der Waals surface area contributed by atoms with Crippen molar-refractivity contribution in [3.05, 3.63) is 59.2 Å². The number of ether oxygens (including phenoxy) is 1. The van der Waals surface area contributed by atoms with Crippen molar-refractivity contribution >= 4 is 5.69 Å². The molecule has 1 atom stereocenters. The Bertz CT molecular complexity index is 592. The van der Waals surface area contributed by atoms with Gasteiger partial charge in [-0.1, -0.05) is 24.3 Å². The molecule has 20 heavy (non-hydrogen) atoms. The maximum Gasteiger partial charge on any atom is 0.122 e. The number of benzene rings is 2. The molecule has 0 bridgehead atoms. The maximum absolute atomic E-state index is 6.38. The van der Waals surface area contributed by atoms with Crippen molar-refractivity contribution in [3.63, 3.8) is 0 Å². The number of aryl methyl sites for hydroxylation is 1. The zero-order valence-electron chi connectivity index (χ0n) is 11.7. The van der Waals surface area contributed by atoms with Gasteiger partial charge in [-0.25, -0.2) is 0 Å². The predicted molar refractivity (Wildman–Crippen MR) is 82.3 cm³/mol. The summed E-state index contributed by atoms with van der Waals surface area (Å²) in [5.41, 5.74) is 11.0. The fourth-order valence-corrected chi connectivity index (χ4v) is 2.62. The molecule has 3 nitrogen and oxygen atoms in total. The SMILES string of the molecule is CNc1ccc(C(N)c2ccc3c(c2)CCCO3)cc1. The third-order valence-corrected chi connectivity index (χ3v) is 3.85. The first-order chi connectivity index (χ1) is 9.78. The molecular formula is C17H20N2O. The summed E-state index contributed by atoms with van der Waals surface area (Å²) in [5, 5.41) is 3.12. The lowest BCUT2D eigenvalue weighted by molar-refractivity contribution is 0.288. The van der Waals surface area contributed by atoms with Crippen LogP contribution in [0.25, 0.3) is 0 Å². The van der Waals surface area contributed by atoms with Crippen LogP contribution in [0.1, 0.15) is 29.2 Å². The van der Waals surface area contributed by atoms with Crippen LogP contribution in [0.2, 0.25) is 0 Å². The molecule has 104 valence electrons. The van der Waals surface area contributed by atoms with Crippen LogP contribution in [-0.4, -0.2) is 13.7 Å². The topological polar surface area (TPSA) is 47.3 Å². The van der Waals surface area contributed by atoms with Gasteiger partial charge in [-0.2, -0.15) is 0 Å². The number of nitrogens with one attached hydrogen (secondary N) is 1. The van der Waals surface area contributed by atoms with Gasteiger partial charge >= 0.3 is 0 Å². The molecule has 2 aromatic carbocycles. The molecule has 0 saturated carbocycles. The third kappa shape index (κ3) is 2.49. The van der Waals surface area contributed by atoms with Gasteiger partial charge in [0.15, 0.2) is 0 Å². The molecule has 3 rings (SSSR count). The number of nitrogens with two attached hydrogens (primary N) is 1. The van der Waals surface area contributed by atoms with Gasteiger partial charge in [0.1, 0.15) is 5.75 Å². The first-order valence-corrected chi connectivity index (χ1v) is 7.07. The van der Waals surface area contributed by atoms with Crippen LogP contribution in [-0.2, 0) is 6.42 Å². The van der Waals surface area contributed by atoms with E-state index in [2.05, 4.69) is 41.7 Å². The molecule has 2 aromatic rings. The van der Waals surface area contributed by atoms with Gasteiger partial charge in [0, 0.05) is 12.7 Å². The Labute approximate surface area is 119 Å². The van der Waals surface area contributed by atoms with E-state index in [4.69, 9.17) is 10.5 Å². The minimum absolute atomic E-state index is 0.0897. The molecule has 0 amide bonds. The molecule has 0 aromatic heterocycles. The van der Waals surface area contributed by atoms with Crippen molar-refractivity contribution < 1.29 is 4.74 Å². The van der Waals surface area contributed by atoms with Gasteiger partial charge in [0.05, 0.1) is 12.6 Å². The molecule has 0 spiro atoms. The number of hydrogen-bond donors (Lipinski definition) is 2. The third-order valence-electron chi connectivity index (χ3n) is 3.85. The summed E-state index contributed by atoms with van der Waals surface area (Å²) in [6, 6.07) is 14.5. The lowest BCUT2D eigenvalue weighted by atomic mass is 9.95. The minimum Gasteiger partial charge on any atom is -0.493 e. The summed E-state index contributed by atoms with van der Waals surface area (Å²) in [4.78, 5) is 0. The maximum atomic E-state index is 6.38. The van der Waals surface area contributed by atoms with Gasteiger partial charge in [-0.15, -0.1) is 0 Å². The Morgan fingerprint density at radius 1 is 1.10 bits per heavy atom. The molecule has 0 fully saturated rings. The molecule has 1 aliphatic rings. The van der Waals surface area contributed by atoms with Crippen molar-refractivity contribution in [2.75, 3.05) is 19.0 Å². The summed E-state index contributed by atoms with van der Waals surface area (Å²) >= 11 is 0. The van der Waals surface area contributed by atoms with Crippen molar-refractivity contribution in [1.82, 2.24) is 0 Å². The van der Waals surface area contributed by atoms with E-state index in [0.29, 0.717) is 0 Å². The second-order valence-corrected chi connectivity index (χ2v) is 5.17. The summed E-state index contributed by atoms with van der Waals surface area (Å²) in [6.07, 6.45) is 2.16. The molecule has 0 aliphatic carbocycles. The average Bonchev–Trinajstić information content (AvgIpc) is 2.54. The van der Waals surface area contributed by atoms with Crippen LogP contribution < -0.4 is 15.8 Å². The van der Waals surface area contributed by atoms with E-state index in [-0.39, 0.29) is 6.04 Å². The van der Waals surface area contributed by atoms with Crippen LogP contribution in [0.4, 0.5) is 5.69 Å². The molecule has 1 heterocycles. The highest BCUT2D eigenvalue weighted by atomic mass is 16.5. The lowest BCUT2D eigenvalue weighted by Gasteiger charge is -2.20. The van der Waals surface area contributed by atoms with Crippen molar-refractivity contribution in [3.8, 4) is 5.75 Å². The van der Waals surface area contributed by atoms with Crippen LogP contribution in [0.3, 0.4) is 0 Å². The summed E-state index contributed by atoms with van der Waals surface area (Å²) in [6.45, 7) is 0.823. The highest BCUT2D eigenvalue weighted by Gasteiger charge is 2.14. The lowest BCUT2D eigenvalue weighted by Crippen LogP contribution is -2.14. The Morgan fingerprint density at radius 2 is 1.85 bits per heavy atom. The van der Waals surface area contributed by atoms with E-state index in [9.17, 15) is 0 Å². The predicted octanol–water partition coefficient (Wildman–Crippen LogP) is 3.10. The quantitative estimate of drug-likeness (QED) is 0.899. The van der Waals surface area contributed by atoms with E-state index in [1.165, 1.54) is 5.56 Å². The average molecular weight is 268 g/mol. The first kappa shape index (κ1) is 13.0. The smallest absolute Gasteiger partial charge is 0.122 e. The first-order valence-electron chi connectivity index (χ1n) is 7.07. The second kappa shape index (κ2) is 5.55. The summed E-state index contributed by atoms with van der Waals surface area (Å²) < 4.78 is 5.65. The van der Waals surface area contributed by atoms with E-state index in [1.54, 1.807) is 0 Å². The number of hydrogen-bond acceptors (Lipinski definition) is 3. The zero-order valence-corrected chi connectivity index (χ0v) is 11.7. The monoisotopic (exact) mass is 268 g/mol. The van der Waals surface area contributed by atoms with Crippen LogP contribution in [0, 0.1) is 0 Å². The van der Waals surface area contributed by atoms with Gasteiger partial charge in [-0.05, 0) is 47.7 Å². The van der Waals surface area contributed by atoms with E-state index in [1.807, 2.05) is 13.1 Å². The number of anilines is 1. The summed E-state index contributed by atoms with van der Waals surface area (Å²) in [7, 11) is 1.92. The Balaban J connectivity index is 1.87. The number of rotatable bonds is 3. The molecular weight excluding hydrogens is 248 g/mol.